The number of hydrogen-bond donors (Lipinski definition) is 1. The van der Waals surface area contributed by atoms with Crippen LogP contribution in [0.1, 0.15) is 25.3 Å². The van der Waals surface area contributed by atoms with Crippen molar-refractivity contribution in [1.82, 2.24) is 4.98 Å². The van der Waals surface area contributed by atoms with Gasteiger partial charge in [0.1, 0.15) is 5.75 Å². The van der Waals surface area contributed by atoms with E-state index in [4.69, 9.17) is 0 Å². The molecule has 0 saturated carbocycles. The molecule has 2 rings (SSSR count). The molecule has 1 aromatic carbocycles. The maximum atomic E-state index is 9.74. The van der Waals surface area contributed by atoms with E-state index >= 15 is 0 Å². The Morgan fingerprint density at radius 2 is 1.94 bits per heavy atom. The number of pyridine rings is 1. The summed E-state index contributed by atoms with van der Waals surface area (Å²) in [5.41, 5.74) is 3.14. The fourth-order valence-corrected chi connectivity index (χ4v) is 1.73. The van der Waals surface area contributed by atoms with Gasteiger partial charge in [-0.3, -0.25) is 4.98 Å². The fourth-order valence-electron chi connectivity index (χ4n) is 1.73. The third-order valence-electron chi connectivity index (χ3n) is 2.64. The summed E-state index contributed by atoms with van der Waals surface area (Å²) in [6.07, 6.45) is 3.59. The molecule has 82 valence electrons. The van der Waals surface area contributed by atoms with Gasteiger partial charge in [0.05, 0.1) is 0 Å². The molecule has 0 bridgehead atoms. The van der Waals surface area contributed by atoms with Gasteiger partial charge in [-0.05, 0) is 35.2 Å². The molecule has 2 aromatic rings. The van der Waals surface area contributed by atoms with Crippen LogP contribution in [0.25, 0.3) is 11.1 Å². The van der Waals surface area contributed by atoms with E-state index in [9.17, 15) is 5.11 Å². The topological polar surface area (TPSA) is 33.1 Å². The SMILES string of the molecule is CC(C)c1cc(-c2cccnc2)ccc1O. The van der Waals surface area contributed by atoms with Crippen LogP contribution < -0.4 is 0 Å². The minimum Gasteiger partial charge on any atom is -0.508 e. The average molecular weight is 213 g/mol. The molecular formula is C14H15NO. The summed E-state index contributed by atoms with van der Waals surface area (Å²) >= 11 is 0. The summed E-state index contributed by atoms with van der Waals surface area (Å²) in [4.78, 5) is 4.10. The zero-order chi connectivity index (χ0) is 11.5. The summed E-state index contributed by atoms with van der Waals surface area (Å²) in [5.74, 6) is 0.680. The predicted molar refractivity (Wildman–Crippen MR) is 65.4 cm³/mol. The van der Waals surface area contributed by atoms with Gasteiger partial charge < -0.3 is 5.11 Å². The number of aromatic hydroxyl groups is 1. The first-order chi connectivity index (χ1) is 7.68. The van der Waals surface area contributed by atoms with Gasteiger partial charge in [0.2, 0.25) is 0 Å². The molecule has 0 spiro atoms. The Bertz CT molecular complexity index is 477. The maximum Gasteiger partial charge on any atom is 0.119 e. The van der Waals surface area contributed by atoms with Crippen LogP contribution in [-0.2, 0) is 0 Å². The van der Waals surface area contributed by atoms with Gasteiger partial charge in [0.25, 0.3) is 0 Å². The van der Waals surface area contributed by atoms with E-state index in [1.165, 1.54) is 0 Å². The van der Waals surface area contributed by atoms with Gasteiger partial charge in [-0.1, -0.05) is 26.0 Å². The summed E-state index contributed by atoms with van der Waals surface area (Å²) in [6.45, 7) is 4.14. The first-order valence-corrected chi connectivity index (χ1v) is 5.42. The van der Waals surface area contributed by atoms with E-state index in [-0.39, 0.29) is 0 Å². The van der Waals surface area contributed by atoms with Crippen LogP contribution in [0.15, 0.2) is 42.7 Å². The quantitative estimate of drug-likeness (QED) is 0.827. The minimum atomic E-state index is 0.316. The number of phenols is 1. The second kappa shape index (κ2) is 4.35. The van der Waals surface area contributed by atoms with Crippen molar-refractivity contribution in [2.45, 2.75) is 19.8 Å². The fraction of sp³-hybridized carbons (Fsp3) is 0.214. The lowest BCUT2D eigenvalue weighted by atomic mass is 9.97. The molecule has 1 heterocycles. The molecule has 0 aliphatic carbocycles. The first-order valence-electron chi connectivity index (χ1n) is 5.42. The molecule has 0 aliphatic heterocycles. The molecule has 0 aliphatic rings. The molecule has 2 nitrogen and oxygen atoms in total. The molecule has 0 fully saturated rings. The number of aromatic nitrogens is 1. The van der Waals surface area contributed by atoms with Crippen molar-refractivity contribution in [3.8, 4) is 16.9 Å². The summed E-state index contributed by atoms with van der Waals surface area (Å²) in [5, 5.41) is 9.74. The van der Waals surface area contributed by atoms with Crippen LogP contribution >= 0.6 is 0 Å². The molecule has 0 radical (unpaired) electrons. The molecule has 0 saturated heterocycles. The van der Waals surface area contributed by atoms with Gasteiger partial charge in [0.15, 0.2) is 0 Å². The lowest BCUT2D eigenvalue weighted by Gasteiger charge is -2.10. The molecule has 1 N–H and O–H groups in total. The number of rotatable bonds is 2. The van der Waals surface area contributed by atoms with Gasteiger partial charge >= 0.3 is 0 Å². The number of phenolic OH excluding ortho intramolecular Hbond substituents is 1. The van der Waals surface area contributed by atoms with Crippen molar-refractivity contribution in [3.63, 3.8) is 0 Å². The van der Waals surface area contributed by atoms with E-state index in [1.54, 1.807) is 12.3 Å². The highest BCUT2D eigenvalue weighted by atomic mass is 16.3. The van der Waals surface area contributed by atoms with Crippen molar-refractivity contribution in [1.29, 1.82) is 0 Å². The molecule has 16 heavy (non-hydrogen) atoms. The Kier molecular flexibility index (Phi) is 2.91. The van der Waals surface area contributed by atoms with Crippen LogP contribution in [0.5, 0.6) is 5.75 Å². The van der Waals surface area contributed by atoms with Crippen LogP contribution in [0.3, 0.4) is 0 Å². The van der Waals surface area contributed by atoms with Gasteiger partial charge in [0, 0.05) is 18.0 Å². The van der Waals surface area contributed by atoms with Crippen LogP contribution in [0, 0.1) is 0 Å². The average Bonchev–Trinajstić information content (AvgIpc) is 2.30. The molecule has 0 amide bonds. The number of benzene rings is 1. The minimum absolute atomic E-state index is 0.316. The van der Waals surface area contributed by atoms with E-state index in [0.717, 1.165) is 16.7 Å². The molecule has 0 unspecified atom stereocenters. The Labute approximate surface area is 95.6 Å². The number of hydrogen-bond acceptors (Lipinski definition) is 2. The maximum absolute atomic E-state index is 9.74. The smallest absolute Gasteiger partial charge is 0.119 e. The predicted octanol–water partition coefficient (Wildman–Crippen LogP) is 3.58. The lowest BCUT2D eigenvalue weighted by Crippen LogP contribution is -1.89. The molecular weight excluding hydrogens is 198 g/mol. The lowest BCUT2D eigenvalue weighted by molar-refractivity contribution is 0.465. The molecule has 1 aromatic heterocycles. The normalized spacial score (nSPS) is 10.7. The van der Waals surface area contributed by atoms with Gasteiger partial charge in [-0.15, -0.1) is 0 Å². The Hall–Kier alpha value is -1.83. The second-order valence-electron chi connectivity index (χ2n) is 4.17. The molecule has 0 atom stereocenters. The van der Waals surface area contributed by atoms with Crippen LogP contribution in [-0.4, -0.2) is 10.1 Å². The largest absolute Gasteiger partial charge is 0.508 e. The Balaban J connectivity index is 2.48. The first kappa shape index (κ1) is 10.7. The monoisotopic (exact) mass is 213 g/mol. The molecule has 2 heteroatoms. The zero-order valence-electron chi connectivity index (χ0n) is 9.51. The standard InChI is InChI=1S/C14H15NO/c1-10(2)13-8-11(5-6-14(13)16)12-4-3-7-15-9-12/h3-10,16H,1-2H3. The van der Waals surface area contributed by atoms with Crippen molar-refractivity contribution >= 4 is 0 Å². The van der Waals surface area contributed by atoms with E-state index in [0.29, 0.717) is 11.7 Å². The summed E-state index contributed by atoms with van der Waals surface area (Å²) < 4.78 is 0. The van der Waals surface area contributed by atoms with E-state index in [1.807, 2.05) is 30.5 Å². The van der Waals surface area contributed by atoms with Crippen molar-refractivity contribution < 1.29 is 5.11 Å². The Morgan fingerprint density at radius 3 is 2.56 bits per heavy atom. The van der Waals surface area contributed by atoms with Crippen molar-refractivity contribution in [3.05, 3.63) is 48.3 Å². The third kappa shape index (κ3) is 2.06. The summed E-state index contributed by atoms with van der Waals surface area (Å²) in [7, 11) is 0. The highest BCUT2D eigenvalue weighted by Gasteiger charge is 2.07. The van der Waals surface area contributed by atoms with Crippen LogP contribution in [0.2, 0.25) is 0 Å². The van der Waals surface area contributed by atoms with E-state index in [2.05, 4.69) is 18.8 Å². The summed E-state index contributed by atoms with van der Waals surface area (Å²) in [6, 6.07) is 9.62. The van der Waals surface area contributed by atoms with Crippen LogP contribution in [0.4, 0.5) is 0 Å². The third-order valence-corrected chi connectivity index (χ3v) is 2.64. The van der Waals surface area contributed by atoms with Crippen molar-refractivity contribution in [2.75, 3.05) is 0 Å². The van der Waals surface area contributed by atoms with E-state index < -0.39 is 0 Å². The second-order valence-corrected chi connectivity index (χ2v) is 4.17. The van der Waals surface area contributed by atoms with Gasteiger partial charge in [-0.2, -0.15) is 0 Å². The van der Waals surface area contributed by atoms with Gasteiger partial charge in [-0.25, -0.2) is 0 Å². The number of nitrogens with zero attached hydrogens (tertiary/aromatic N) is 1. The Morgan fingerprint density at radius 1 is 1.12 bits per heavy atom. The highest BCUT2D eigenvalue weighted by molar-refractivity contribution is 5.64. The highest BCUT2D eigenvalue weighted by Crippen LogP contribution is 2.30. The zero-order valence-corrected chi connectivity index (χ0v) is 9.51. The van der Waals surface area contributed by atoms with Crippen molar-refractivity contribution in [2.24, 2.45) is 0 Å².